The van der Waals surface area contributed by atoms with Crippen molar-refractivity contribution in [1.29, 1.82) is 0 Å². The maximum atomic E-state index is 12.6. The van der Waals surface area contributed by atoms with Crippen LogP contribution in [0.25, 0.3) is 0 Å². The normalized spacial score (nSPS) is 40.6. The van der Waals surface area contributed by atoms with Gasteiger partial charge in [-0.3, -0.25) is 14.5 Å². The van der Waals surface area contributed by atoms with Gasteiger partial charge in [-0.2, -0.15) is 0 Å². The fraction of sp³-hybridized carbons (Fsp3) is 0.857. The second-order valence-electron chi connectivity index (χ2n) is 6.05. The third kappa shape index (κ3) is 2.41. The van der Waals surface area contributed by atoms with Crippen LogP contribution in [0.3, 0.4) is 0 Å². The standard InChI is InChI=1S/C14H19Br2NO2/c15-11-6-9-10(7-12(11)16)14(19)17(13(9)18)8-4-2-1-3-5-8/h8-12H,1-7H2/t9-,10-,11-,12+/m0/s1. The molecule has 3 fully saturated rings. The van der Waals surface area contributed by atoms with Crippen LogP contribution in [0.5, 0.6) is 0 Å². The van der Waals surface area contributed by atoms with E-state index in [0.29, 0.717) is 9.65 Å². The number of imide groups is 1. The number of carbonyl (C=O) groups excluding carboxylic acids is 2. The summed E-state index contributed by atoms with van der Waals surface area (Å²) in [5.74, 6) is 0.0525. The highest BCUT2D eigenvalue weighted by atomic mass is 79.9. The van der Waals surface area contributed by atoms with Gasteiger partial charge in [-0.15, -0.1) is 0 Å². The SMILES string of the molecule is O=C1[C@H]2C[C@@H](Br)[C@@H](Br)C[C@@H]2C(=O)N1C1CCCCC1. The Hall–Kier alpha value is 0.1000. The first-order valence-electron chi connectivity index (χ1n) is 7.24. The number of nitrogens with zero attached hydrogens (tertiary/aromatic N) is 1. The van der Waals surface area contributed by atoms with Crippen molar-refractivity contribution in [3.63, 3.8) is 0 Å². The second kappa shape index (κ2) is 5.47. The van der Waals surface area contributed by atoms with Crippen LogP contribution in [0.2, 0.25) is 0 Å². The van der Waals surface area contributed by atoms with Gasteiger partial charge in [0, 0.05) is 15.7 Å². The summed E-state index contributed by atoms with van der Waals surface area (Å²) in [6.07, 6.45) is 7.13. The van der Waals surface area contributed by atoms with Gasteiger partial charge < -0.3 is 0 Å². The molecule has 0 aromatic rings. The molecular formula is C14H19Br2NO2. The lowest BCUT2D eigenvalue weighted by Gasteiger charge is -2.29. The van der Waals surface area contributed by atoms with E-state index in [-0.39, 0.29) is 29.7 Å². The highest BCUT2D eigenvalue weighted by molar-refractivity contribution is 9.12. The van der Waals surface area contributed by atoms with E-state index >= 15 is 0 Å². The van der Waals surface area contributed by atoms with Gasteiger partial charge in [-0.05, 0) is 25.7 Å². The van der Waals surface area contributed by atoms with E-state index in [1.807, 2.05) is 0 Å². The molecule has 0 aromatic heterocycles. The van der Waals surface area contributed by atoms with E-state index in [9.17, 15) is 9.59 Å². The highest BCUT2D eigenvalue weighted by Gasteiger charge is 2.53. The van der Waals surface area contributed by atoms with Crippen LogP contribution >= 0.6 is 31.9 Å². The molecule has 1 heterocycles. The largest absolute Gasteiger partial charge is 0.279 e. The van der Waals surface area contributed by atoms with Gasteiger partial charge >= 0.3 is 0 Å². The van der Waals surface area contributed by atoms with Crippen molar-refractivity contribution in [2.24, 2.45) is 11.8 Å². The smallest absolute Gasteiger partial charge is 0.233 e. The number of hydrogen-bond acceptors (Lipinski definition) is 2. The Bertz CT molecular complexity index is 367. The highest BCUT2D eigenvalue weighted by Crippen LogP contribution is 2.44. The fourth-order valence-corrected chi connectivity index (χ4v) is 5.06. The zero-order valence-corrected chi connectivity index (χ0v) is 14.0. The summed E-state index contributed by atoms with van der Waals surface area (Å²) in [5.41, 5.74) is 0. The molecule has 2 saturated carbocycles. The molecule has 3 rings (SSSR count). The quantitative estimate of drug-likeness (QED) is 0.507. The molecule has 0 N–H and O–H groups in total. The number of fused-ring (bicyclic) bond motifs is 1. The summed E-state index contributed by atoms with van der Waals surface area (Å²) < 4.78 is 0. The zero-order chi connectivity index (χ0) is 13.6. The predicted octanol–water partition coefficient (Wildman–Crippen LogP) is 3.24. The average molecular weight is 393 g/mol. The van der Waals surface area contributed by atoms with Crippen LogP contribution in [0.1, 0.15) is 44.9 Å². The van der Waals surface area contributed by atoms with E-state index in [2.05, 4.69) is 31.9 Å². The Morgan fingerprint density at radius 3 is 1.79 bits per heavy atom. The van der Waals surface area contributed by atoms with Crippen LogP contribution < -0.4 is 0 Å². The molecule has 4 atom stereocenters. The third-order valence-electron chi connectivity index (χ3n) is 4.89. The van der Waals surface area contributed by atoms with Crippen LogP contribution in [0, 0.1) is 11.8 Å². The number of halogens is 2. The van der Waals surface area contributed by atoms with Crippen molar-refractivity contribution in [3.05, 3.63) is 0 Å². The van der Waals surface area contributed by atoms with Crippen LogP contribution in [-0.2, 0) is 9.59 Å². The van der Waals surface area contributed by atoms with Crippen molar-refractivity contribution in [2.45, 2.75) is 60.6 Å². The van der Waals surface area contributed by atoms with Gasteiger partial charge in [-0.1, -0.05) is 51.1 Å². The number of carbonyl (C=O) groups is 2. The van der Waals surface area contributed by atoms with E-state index in [0.717, 1.165) is 38.5 Å². The van der Waals surface area contributed by atoms with Gasteiger partial charge in [0.25, 0.3) is 0 Å². The Morgan fingerprint density at radius 1 is 0.842 bits per heavy atom. The molecule has 1 aliphatic heterocycles. The topological polar surface area (TPSA) is 37.4 Å². The lowest BCUT2D eigenvalue weighted by molar-refractivity contribution is -0.143. The predicted molar refractivity (Wildman–Crippen MR) is 80.4 cm³/mol. The Labute approximate surface area is 130 Å². The molecule has 2 aliphatic carbocycles. The first kappa shape index (κ1) is 14.1. The summed E-state index contributed by atoms with van der Waals surface area (Å²) >= 11 is 7.25. The Morgan fingerprint density at radius 2 is 1.32 bits per heavy atom. The number of rotatable bonds is 1. The Kier molecular flexibility index (Phi) is 4.05. The van der Waals surface area contributed by atoms with Crippen molar-refractivity contribution >= 4 is 43.7 Å². The minimum Gasteiger partial charge on any atom is -0.279 e. The summed E-state index contributed by atoms with van der Waals surface area (Å²) in [6, 6.07) is 0.182. The van der Waals surface area contributed by atoms with Gasteiger partial charge in [0.15, 0.2) is 0 Å². The number of likely N-dealkylation sites (tertiary alicyclic amines) is 1. The first-order valence-corrected chi connectivity index (χ1v) is 9.07. The summed E-state index contributed by atoms with van der Waals surface area (Å²) in [4.78, 5) is 27.4. The molecule has 0 radical (unpaired) electrons. The maximum absolute atomic E-state index is 12.6. The van der Waals surface area contributed by atoms with Gasteiger partial charge in [0.05, 0.1) is 11.8 Å². The van der Waals surface area contributed by atoms with E-state index in [1.54, 1.807) is 4.90 Å². The lowest BCUT2D eigenvalue weighted by Crippen LogP contribution is -2.41. The molecule has 0 spiro atoms. The minimum absolute atomic E-state index is 0.0763. The van der Waals surface area contributed by atoms with Gasteiger partial charge in [-0.25, -0.2) is 0 Å². The van der Waals surface area contributed by atoms with Crippen molar-refractivity contribution in [2.75, 3.05) is 0 Å². The first-order chi connectivity index (χ1) is 9.09. The monoisotopic (exact) mass is 391 g/mol. The molecule has 0 bridgehead atoms. The number of hydrogen-bond donors (Lipinski definition) is 0. The fourth-order valence-electron chi connectivity index (χ4n) is 3.82. The van der Waals surface area contributed by atoms with Gasteiger partial charge in [0.1, 0.15) is 0 Å². The van der Waals surface area contributed by atoms with E-state index < -0.39 is 0 Å². The molecule has 3 nitrogen and oxygen atoms in total. The molecular weight excluding hydrogens is 374 g/mol. The number of alkyl halides is 2. The van der Waals surface area contributed by atoms with Crippen molar-refractivity contribution in [1.82, 2.24) is 4.90 Å². The molecule has 106 valence electrons. The van der Waals surface area contributed by atoms with Crippen LogP contribution in [0.15, 0.2) is 0 Å². The van der Waals surface area contributed by atoms with Crippen LogP contribution in [-0.4, -0.2) is 32.4 Å². The maximum Gasteiger partial charge on any atom is 0.233 e. The summed E-state index contributed by atoms with van der Waals surface area (Å²) in [6.45, 7) is 0. The number of amides is 2. The van der Waals surface area contributed by atoms with E-state index in [4.69, 9.17) is 0 Å². The zero-order valence-electron chi connectivity index (χ0n) is 10.9. The van der Waals surface area contributed by atoms with Crippen molar-refractivity contribution in [3.8, 4) is 0 Å². The molecule has 1 saturated heterocycles. The minimum atomic E-state index is -0.0763. The Balaban J connectivity index is 1.80. The van der Waals surface area contributed by atoms with Crippen molar-refractivity contribution < 1.29 is 9.59 Å². The third-order valence-corrected chi connectivity index (χ3v) is 7.62. The molecule has 5 heteroatoms. The van der Waals surface area contributed by atoms with E-state index in [1.165, 1.54) is 6.42 Å². The second-order valence-corrected chi connectivity index (χ2v) is 8.41. The average Bonchev–Trinajstić information content (AvgIpc) is 2.64. The molecule has 2 amide bonds. The summed E-state index contributed by atoms with van der Waals surface area (Å²) in [5, 5.41) is 0. The van der Waals surface area contributed by atoms with Crippen LogP contribution in [0.4, 0.5) is 0 Å². The molecule has 0 aromatic carbocycles. The molecule has 3 aliphatic rings. The molecule has 19 heavy (non-hydrogen) atoms. The lowest BCUT2D eigenvalue weighted by atomic mass is 9.81. The van der Waals surface area contributed by atoms with Gasteiger partial charge in [0.2, 0.25) is 11.8 Å². The summed E-state index contributed by atoms with van der Waals surface area (Å²) in [7, 11) is 0. The molecule has 0 unspecified atom stereocenters.